The molecule has 1 saturated heterocycles. The predicted molar refractivity (Wildman–Crippen MR) is 95.8 cm³/mol. The van der Waals surface area contributed by atoms with Gasteiger partial charge < -0.3 is 15.3 Å². The van der Waals surface area contributed by atoms with E-state index in [1.165, 1.54) is 0 Å². The molecule has 4 rings (SSSR count). The molecule has 3 heterocycles. The lowest BCUT2D eigenvalue weighted by atomic mass is 9.99. The Hall–Kier alpha value is -2.35. The first-order chi connectivity index (χ1) is 12.8. The smallest absolute Gasteiger partial charge is 0.416 e. The first kappa shape index (κ1) is 18.0. The summed E-state index contributed by atoms with van der Waals surface area (Å²) >= 11 is 0. The highest BCUT2D eigenvalue weighted by molar-refractivity contribution is 5.73. The van der Waals surface area contributed by atoms with Crippen LogP contribution in [0.15, 0.2) is 18.2 Å². The number of rotatable bonds is 2. The average Bonchev–Trinajstić information content (AvgIpc) is 3.04. The van der Waals surface area contributed by atoms with Gasteiger partial charge in [-0.2, -0.15) is 13.2 Å². The van der Waals surface area contributed by atoms with Crippen molar-refractivity contribution in [2.45, 2.75) is 38.4 Å². The van der Waals surface area contributed by atoms with Gasteiger partial charge in [0.2, 0.25) is 0 Å². The molecule has 144 valence electrons. The maximum Gasteiger partial charge on any atom is 0.416 e. The van der Waals surface area contributed by atoms with Crippen molar-refractivity contribution in [3.8, 4) is 17.0 Å². The second kappa shape index (κ2) is 6.67. The number of nitrogens with one attached hydrogen (secondary N) is 1. The van der Waals surface area contributed by atoms with E-state index in [-0.39, 0.29) is 0 Å². The molecule has 1 aromatic carbocycles. The Balaban J connectivity index is 1.67. The van der Waals surface area contributed by atoms with Crippen LogP contribution in [0.4, 0.5) is 19.0 Å². The predicted octanol–water partition coefficient (Wildman–Crippen LogP) is 3.29. The third kappa shape index (κ3) is 3.34. The molecule has 2 aromatic rings. The van der Waals surface area contributed by atoms with Crippen LogP contribution in [0, 0.1) is 6.92 Å². The number of phenolic OH excluding ortho intramolecular Hbond substituents is 1. The monoisotopic (exact) mass is 378 g/mol. The molecule has 0 radical (unpaired) electrons. The van der Waals surface area contributed by atoms with Crippen LogP contribution in [0.25, 0.3) is 11.3 Å². The first-order valence-electron chi connectivity index (χ1n) is 9.10. The van der Waals surface area contributed by atoms with Crippen LogP contribution >= 0.6 is 0 Å². The third-order valence-electron chi connectivity index (χ3n) is 5.39. The molecule has 0 amide bonds. The van der Waals surface area contributed by atoms with E-state index in [1.54, 1.807) is 6.92 Å². The number of nitrogens with zero attached hydrogens (tertiary/aromatic N) is 3. The van der Waals surface area contributed by atoms with Gasteiger partial charge in [-0.25, -0.2) is 0 Å². The molecule has 2 aliphatic heterocycles. The van der Waals surface area contributed by atoms with Crippen LogP contribution in [-0.2, 0) is 12.6 Å². The summed E-state index contributed by atoms with van der Waals surface area (Å²) in [5.41, 5.74) is 1.19. The zero-order valence-electron chi connectivity index (χ0n) is 15.0. The number of fused-ring (bicyclic) bond motifs is 1. The Morgan fingerprint density at radius 2 is 1.89 bits per heavy atom. The molecule has 0 unspecified atom stereocenters. The molecule has 0 atom stereocenters. The van der Waals surface area contributed by atoms with Crippen LogP contribution in [0.5, 0.6) is 5.75 Å². The number of alkyl halides is 3. The van der Waals surface area contributed by atoms with Gasteiger partial charge in [-0.15, -0.1) is 10.2 Å². The topological polar surface area (TPSA) is 61.3 Å². The summed E-state index contributed by atoms with van der Waals surface area (Å²) in [5.74, 6) is 0.430. The number of piperidine rings is 1. The molecule has 8 heteroatoms. The Bertz CT molecular complexity index is 840. The molecule has 1 aromatic heterocycles. The van der Waals surface area contributed by atoms with E-state index in [4.69, 9.17) is 0 Å². The third-order valence-corrected chi connectivity index (χ3v) is 5.39. The second-order valence-corrected chi connectivity index (χ2v) is 7.19. The van der Waals surface area contributed by atoms with Gasteiger partial charge in [0.15, 0.2) is 5.82 Å². The van der Waals surface area contributed by atoms with Crippen molar-refractivity contribution in [2.24, 2.45) is 0 Å². The Morgan fingerprint density at radius 1 is 1.15 bits per heavy atom. The number of benzene rings is 1. The van der Waals surface area contributed by atoms with Crippen molar-refractivity contribution in [3.05, 3.63) is 34.9 Å². The van der Waals surface area contributed by atoms with Gasteiger partial charge in [-0.3, -0.25) is 0 Å². The molecular weight excluding hydrogens is 357 g/mol. The lowest BCUT2D eigenvalue weighted by molar-refractivity contribution is -0.137. The van der Waals surface area contributed by atoms with Crippen LogP contribution < -0.4 is 10.2 Å². The van der Waals surface area contributed by atoms with E-state index >= 15 is 0 Å². The molecule has 5 nitrogen and oxygen atoms in total. The minimum Gasteiger partial charge on any atom is -0.507 e. The van der Waals surface area contributed by atoms with Gasteiger partial charge >= 0.3 is 6.18 Å². The largest absolute Gasteiger partial charge is 0.507 e. The summed E-state index contributed by atoms with van der Waals surface area (Å²) in [6.07, 6.45) is -1.56. The fraction of sp³-hybridized carbons (Fsp3) is 0.474. The Morgan fingerprint density at radius 3 is 2.56 bits per heavy atom. The summed E-state index contributed by atoms with van der Waals surface area (Å²) < 4.78 is 38.8. The van der Waals surface area contributed by atoms with E-state index in [0.29, 0.717) is 22.9 Å². The molecule has 27 heavy (non-hydrogen) atoms. The van der Waals surface area contributed by atoms with Crippen molar-refractivity contribution >= 4 is 5.82 Å². The maximum atomic E-state index is 12.9. The number of anilines is 1. The van der Waals surface area contributed by atoms with Crippen molar-refractivity contribution in [1.82, 2.24) is 15.5 Å². The summed E-state index contributed by atoms with van der Waals surface area (Å²) in [4.78, 5) is 2.28. The van der Waals surface area contributed by atoms with Crippen molar-refractivity contribution < 1.29 is 18.3 Å². The van der Waals surface area contributed by atoms with E-state index in [0.717, 1.165) is 62.4 Å². The zero-order chi connectivity index (χ0) is 19.2. The number of hydrogen-bond donors (Lipinski definition) is 2. The Labute approximate surface area is 155 Å². The summed E-state index contributed by atoms with van der Waals surface area (Å²) in [7, 11) is 0. The molecule has 0 saturated carbocycles. The number of aryl methyl sites for hydroxylation is 1. The lowest BCUT2D eigenvalue weighted by Gasteiger charge is -2.32. The van der Waals surface area contributed by atoms with E-state index in [2.05, 4.69) is 20.4 Å². The van der Waals surface area contributed by atoms with E-state index in [1.807, 2.05) is 6.07 Å². The van der Waals surface area contributed by atoms with Crippen molar-refractivity contribution in [2.75, 3.05) is 24.5 Å². The van der Waals surface area contributed by atoms with Crippen LogP contribution in [0.1, 0.15) is 29.5 Å². The number of hydrogen-bond acceptors (Lipinski definition) is 5. The highest BCUT2D eigenvalue weighted by Crippen LogP contribution is 2.39. The molecule has 1 fully saturated rings. The van der Waals surface area contributed by atoms with Crippen molar-refractivity contribution in [3.63, 3.8) is 0 Å². The van der Waals surface area contributed by atoms with Crippen LogP contribution in [0.3, 0.4) is 0 Å². The second-order valence-electron chi connectivity index (χ2n) is 7.19. The number of aromatic hydroxyl groups is 1. The minimum atomic E-state index is -4.50. The molecule has 2 aliphatic rings. The van der Waals surface area contributed by atoms with Crippen LogP contribution in [0.2, 0.25) is 0 Å². The zero-order valence-corrected chi connectivity index (χ0v) is 15.0. The fourth-order valence-corrected chi connectivity index (χ4v) is 4.06. The summed E-state index contributed by atoms with van der Waals surface area (Å²) in [6, 6.07) is 4.07. The number of phenols is 1. The quantitative estimate of drug-likeness (QED) is 0.840. The lowest BCUT2D eigenvalue weighted by Crippen LogP contribution is -2.42. The highest BCUT2D eigenvalue weighted by atomic mass is 19.4. The summed E-state index contributed by atoms with van der Waals surface area (Å²) in [5, 5.41) is 22.2. The van der Waals surface area contributed by atoms with Crippen molar-refractivity contribution in [1.29, 1.82) is 0 Å². The number of halogens is 3. The molecule has 0 aliphatic carbocycles. The van der Waals surface area contributed by atoms with Crippen LogP contribution in [-0.4, -0.2) is 41.0 Å². The molecule has 0 spiro atoms. The molecule has 2 N–H and O–H groups in total. The normalized spacial score (nSPS) is 18.0. The van der Waals surface area contributed by atoms with Gasteiger partial charge in [0.05, 0.1) is 11.3 Å². The molecular formula is C19H21F3N4O. The van der Waals surface area contributed by atoms with Gasteiger partial charge in [-0.1, -0.05) is 0 Å². The Kier molecular flexibility index (Phi) is 4.46. The number of aromatic nitrogens is 2. The molecule has 0 bridgehead atoms. The average molecular weight is 378 g/mol. The van der Waals surface area contributed by atoms with Gasteiger partial charge in [0, 0.05) is 23.7 Å². The standard InChI is InChI=1S/C19H21F3N4O/c1-11-8-13(19(20,21)22)10-16(27)17(11)15-9-12-4-7-26(18(12)25-24-15)14-2-5-23-6-3-14/h8-10,14,23,27H,2-7H2,1H3. The maximum absolute atomic E-state index is 12.9. The van der Waals surface area contributed by atoms with Gasteiger partial charge in [-0.05, 0) is 63.0 Å². The SMILES string of the molecule is Cc1cc(C(F)(F)F)cc(O)c1-c1cc2c(nn1)N(C1CCNCC1)CC2. The summed E-state index contributed by atoms with van der Waals surface area (Å²) in [6.45, 7) is 4.39. The van der Waals surface area contributed by atoms with Gasteiger partial charge in [0.25, 0.3) is 0 Å². The fourth-order valence-electron chi connectivity index (χ4n) is 4.06. The van der Waals surface area contributed by atoms with Gasteiger partial charge in [0.1, 0.15) is 5.75 Å². The van der Waals surface area contributed by atoms with E-state index < -0.39 is 17.5 Å². The first-order valence-corrected chi connectivity index (χ1v) is 9.10. The minimum absolute atomic E-state index is 0.304. The van der Waals surface area contributed by atoms with E-state index in [9.17, 15) is 18.3 Å². The highest BCUT2D eigenvalue weighted by Gasteiger charge is 2.33.